The van der Waals surface area contributed by atoms with Crippen LogP contribution in [0.5, 0.6) is 11.5 Å². The molecule has 20 heavy (non-hydrogen) atoms. The number of methoxy groups -OCH3 is 2. The number of hydrogen-bond acceptors (Lipinski definition) is 3. The van der Waals surface area contributed by atoms with E-state index in [1.807, 2.05) is 12.1 Å². The molecule has 0 amide bonds. The lowest BCUT2D eigenvalue weighted by molar-refractivity contribution is 0.354. The molecule has 2 rings (SSSR count). The fraction of sp³-hybridized carbons (Fsp3) is 0.562. The molecule has 0 atom stereocenters. The van der Waals surface area contributed by atoms with Gasteiger partial charge in [0.05, 0.1) is 20.1 Å². The van der Waals surface area contributed by atoms with Crippen molar-refractivity contribution >= 4 is 5.84 Å². The van der Waals surface area contributed by atoms with E-state index in [9.17, 15) is 0 Å². The predicted molar refractivity (Wildman–Crippen MR) is 82.0 cm³/mol. The average molecular weight is 276 g/mol. The van der Waals surface area contributed by atoms with Crippen molar-refractivity contribution in [2.75, 3.05) is 27.3 Å². The quantitative estimate of drug-likeness (QED) is 0.899. The van der Waals surface area contributed by atoms with Gasteiger partial charge in [0.1, 0.15) is 0 Å². The van der Waals surface area contributed by atoms with Crippen LogP contribution < -0.4 is 14.8 Å². The van der Waals surface area contributed by atoms with Crippen LogP contribution in [0, 0.1) is 0 Å². The summed E-state index contributed by atoms with van der Waals surface area (Å²) in [5.41, 5.74) is 1.22. The molecule has 0 spiro atoms. The van der Waals surface area contributed by atoms with Crippen molar-refractivity contribution in [2.45, 2.75) is 32.1 Å². The highest BCUT2D eigenvalue weighted by atomic mass is 16.5. The Hall–Kier alpha value is -1.71. The zero-order valence-electron chi connectivity index (χ0n) is 12.4. The fourth-order valence-corrected chi connectivity index (χ4v) is 2.41. The number of nitrogens with zero attached hydrogens (tertiary/aromatic N) is 1. The molecule has 110 valence electrons. The number of hydrogen-bond donors (Lipinski definition) is 1. The maximum atomic E-state index is 5.32. The lowest BCUT2D eigenvalue weighted by atomic mass is 10.1. The number of rotatable bonds is 5. The summed E-state index contributed by atoms with van der Waals surface area (Å²) in [6, 6.07) is 6.05. The van der Waals surface area contributed by atoms with E-state index in [-0.39, 0.29) is 0 Å². The first-order valence-corrected chi connectivity index (χ1v) is 7.31. The zero-order chi connectivity index (χ0) is 14.2. The van der Waals surface area contributed by atoms with Crippen LogP contribution in [0.1, 0.15) is 31.2 Å². The van der Waals surface area contributed by atoms with E-state index >= 15 is 0 Å². The molecule has 0 bridgehead atoms. The van der Waals surface area contributed by atoms with Gasteiger partial charge in [0.2, 0.25) is 0 Å². The second-order valence-corrected chi connectivity index (χ2v) is 5.01. The van der Waals surface area contributed by atoms with Crippen LogP contribution in [-0.2, 0) is 6.42 Å². The number of nitrogens with one attached hydrogen (secondary N) is 1. The van der Waals surface area contributed by atoms with E-state index in [0.29, 0.717) is 0 Å². The van der Waals surface area contributed by atoms with Crippen molar-refractivity contribution in [3.8, 4) is 11.5 Å². The van der Waals surface area contributed by atoms with Gasteiger partial charge in [-0.3, -0.25) is 4.99 Å². The van der Waals surface area contributed by atoms with E-state index < -0.39 is 0 Å². The van der Waals surface area contributed by atoms with Crippen molar-refractivity contribution in [2.24, 2.45) is 4.99 Å². The Kier molecular flexibility index (Phi) is 5.71. The van der Waals surface area contributed by atoms with E-state index in [2.05, 4.69) is 16.4 Å². The molecular formula is C16H24N2O2. The second kappa shape index (κ2) is 7.78. The van der Waals surface area contributed by atoms with E-state index in [1.54, 1.807) is 14.2 Å². The van der Waals surface area contributed by atoms with Crippen LogP contribution >= 0.6 is 0 Å². The lowest BCUT2D eigenvalue weighted by Gasteiger charge is -2.09. The third-order valence-corrected chi connectivity index (χ3v) is 3.57. The normalized spacial score (nSPS) is 17.4. The molecule has 4 heteroatoms. The highest BCUT2D eigenvalue weighted by Crippen LogP contribution is 2.27. The van der Waals surface area contributed by atoms with Crippen LogP contribution in [0.2, 0.25) is 0 Å². The van der Waals surface area contributed by atoms with Crippen molar-refractivity contribution in [3.05, 3.63) is 23.8 Å². The molecule has 0 aliphatic carbocycles. The SMILES string of the molecule is COc1ccc(CCN=C2CCCCCN2)cc1OC. The minimum atomic E-state index is 0.771. The Morgan fingerprint density at radius 3 is 2.75 bits per heavy atom. The molecule has 1 aromatic rings. The van der Waals surface area contributed by atoms with Gasteiger partial charge in [0.15, 0.2) is 11.5 Å². The van der Waals surface area contributed by atoms with Crippen LogP contribution in [-0.4, -0.2) is 33.1 Å². The van der Waals surface area contributed by atoms with Gasteiger partial charge < -0.3 is 14.8 Å². The number of ether oxygens (including phenoxy) is 2. The van der Waals surface area contributed by atoms with Gasteiger partial charge in [-0.25, -0.2) is 0 Å². The van der Waals surface area contributed by atoms with E-state index in [1.165, 1.54) is 30.7 Å². The monoisotopic (exact) mass is 276 g/mol. The second-order valence-electron chi connectivity index (χ2n) is 5.01. The van der Waals surface area contributed by atoms with Crippen molar-refractivity contribution in [1.29, 1.82) is 0 Å². The Morgan fingerprint density at radius 1 is 1.10 bits per heavy atom. The van der Waals surface area contributed by atoms with Crippen LogP contribution in [0.15, 0.2) is 23.2 Å². The van der Waals surface area contributed by atoms with Crippen molar-refractivity contribution in [1.82, 2.24) is 5.32 Å². The molecule has 1 saturated heterocycles. The van der Waals surface area contributed by atoms with E-state index in [0.717, 1.165) is 37.4 Å². The molecular weight excluding hydrogens is 252 g/mol. The highest BCUT2D eigenvalue weighted by Gasteiger charge is 2.06. The fourth-order valence-electron chi connectivity index (χ4n) is 2.41. The first-order valence-electron chi connectivity index (χ1n) is 7.31. The number of benzene rings is 1. The van der Waals surface area contributed by atoms with Crippen molar-refractivity contribution < 1.29 is 9.47 Å². The summed E-state index contributed by atoms with van der Waals surface area (Å²) in [6.45, 7) is 1.88. The maximum Gasteiger partial charge on any atom is 0.160 e. The summed E-state index contributed by atoms with van der Waals surface area (Å²) in [7, 11) is 3.32. The Bertz CT molecular complexity index is 448. The van der Waals surface area contributed by atoms with E-state index in [4.69, 9.17) is 9.47 Å². The Labute approximate surface area is 121 Å². The van der Waals surface area contributed by atoms with Gasteiger partial charge >= 0.3 is 0 Å². The van der Waals surface area contributed by atoms with Gasteiger partial charge in [-0.05, 0) is 37.0 Å². The molecule has 4 nitrogen and oxygen atoms in total. The summed E-state index contributed by atoms with van der Waals surface area (Å²) in [6.07, 6.45) is 5.83. The summed E-state index contributed by atoms with van der Waals surface area (Å²) in [5, 5.41) is 3.41. The minimum absolute atomic E-state index is 0.771. The molecule has 0 radical (unpaired) electrons. The smallest absolute Gasteiger partial charge is 0.160 e. The predicted octanol–water partition coefficient (Wildman–Crippen LogP) is 2.81. The summed E-state index contributed by atoms with van der Waals surface area (Å²) in [4.78, 5) is 4.67. The van der Waals surface area contributed by atoms with Gasteiger partial charge in [0, 0.05) is 19.5 Å². The number of amidine groups is 1. The molecule has 1 aromatic carbocycles. The standard InChI is InChI=1S/C16H24N2O2/c1-19-14-8-7-13(12-15(14)20-2)9-11-18-16-6-4-3-5-10-17-16/h7-8,12H,3-6,9-11H2,1-2H3,(H,17,18). The molecule has 1 N–H and O–H groups in total. The van der Waals surface area contributed by atoms with Crippen LogP contribution in [0.4, 0.5) is 0 Å². The van der Waals surface area contributed by atoms with Gasteiger partial charge in [-0.1, -0.05) is 12.5 Å². The molecule has 1 aliphatic heterocycles. The van der Waals surface area contributed by atoms with Gasteiger partial charge in [0.25, 0.3) is 0 Å². The molecule has 0 unspecified atom stereocenters. The summed E-state index contributed by atoms with van der Waals surface area (Å²) in [5.74, 6) is 2.72. The first kappa shape index (κ1) is 14.7. The third-order valence-electron chi connectivity index (χ3n) is 3.57. The highest BCUT2D eigenvalue weighted by molar-refractivity contribution is 5.82. The summed E-state index contributed by atoms with van der Waals surface area (Å²) >= 11 is 0. The third kappa shape index (κ3) is 4.15. The maximum absolute atomic E-state index is 5.32. The molecule has 1 fully saturated rings. The zero-order valence-corrected chi connectivity index (χ0v) is 12.4. The van der Waals surface area contributed by atoms with Gasteiger partial charge in [-0.15, -0.1) is 0 Å². The van der Waals surface area contributed by atoms with Crippen molar-refractivity contribution in [3.63, 3.8) is 0 Å². The molecule has 1 aliphatic rings. The first-order chi connectivity index (χ1) is 9.83. The molecule has 0 saturated carbocycles. The van der Waals surface area contributed by atoms with Gasteiger partial charge in [-0.2, -0.15) is 0 Å². The molecule has 0 aromatic heterocycles. The van der Waals surface area contributed by atoms with Crippen LogP contribution in [0.25, 0.3) is 0 Å². The Balaban J connectivity index is 1.91. The average Bonchev–Trinajstić information content (AvgIpc) is 2.76. The summed E-state index contributed by atoms with van der Waals surface area (Å²) < 4.78 is 10.6. The topological polar surface area (TPSA) is 42.8 Å². The number of aliphatic imine (C=N–C) groups is 1. The largest absolute Gasteiger partial charge is 0.493 e. The minimum Gasteiger partial charge on any atom is -0.493 e. The lowest BCUT2D eigenvalue weighted by Crippen LogP contribution is -2.22. The van der Waals surface area contributed by atoms with Crippen LogP contribution in [0.3, 0.4) is 0 Å². The molecule has 1 heterocycles. The Morgan fingerprint density at radius 2 is 1.95 bits per heavy atom.